The number of anilines is 1. The Balaban J connectivity index is 1.46. The summed E-state index contributed by atoms with van der Waals surface area (Å²) in [4.78, 5) is 23.5. The number of thioether (sulfide) groups is 1. The van der Waals surface area contributed by atoms with E-state index >= 15 is 0 Å². The third-order valence-corrected chi connectivity index (χ3v) is 6.88. The summed E-state index contributed by atoms with van der Waals surface area (Å²) in [7, 11) is 0. The Morgan fingerprint density at radius 3 is 2.81 bits per heavy atom. The van der Waals surface area contributed by atoms with E-state index in [1.165, 1.54) is 11.8 Å². The topological polar surface area (TPSA) is 53.8 Å². The number of aryl methyl sites for hydroxylation is 1. The molecule has 0 unspecified atom stereocenters. The van der Waals surface area contributed by atoms with Crippen molar-refractivity contribution < 1.29 is 4.79 Å². The smallest absolute Gasteiger partial charge is 0.234 e. The monoisotopic (exact) mass is 417 g/mol. The maximum Gasteiger partial charge on any atom is 0.234 e. The lowest BCUT2D eigenvalue weighted by Gasteiger charge is -2.14. The number of nitrogens with zero attached hydrogens (tertiary/aromatic N) is 2. The zero-order valence-electron chi connectivity index (χ0n) is 15.0. The standard InChI is InChI=1S/C20H20ClN3OS2/c1-13-6-7-15(14(21)11-13)22-17(25)12-27-19-18(16-5-4-10-26-16)23-20(24-19)8-2-3-9-20/h4-7,10-11H,2-3,8-9,12H2,1H3,(H,22,25). The normalized spacial score (nSPS) is 17.9. The van der Waals surface area contributed by atoms with Crippen molar-refractivity contribution in [2.45, 2.75) is 38.3 Å². The number of nitrogens with one attached hydrogen (secondary N) is 1. The summed E-state index contributed by atoms with van der Waals surface area (Å²) in [6.07, 6.45) is 4.32. The van der Waals surface area contributed by atoms with Crippen LogP contribution in [0.25, 0.3) is 0 Å². The second-order valence-corrected chi connectivity index (χ2v) is 9.18. The van der Waals surface area contributed by atoms with Crippen molar-refractivity contribution >= 4 is 57.0 Å². The molecule has 1 aliphatic carbocycles. The van der Waals surface area contributed by atoms with Crippen LogP contribution in [-0.4, -0.2) is 28.1 Å². The van der Waals surface area contributed by atoms with E-state index in [4.69, 9.17) is 21.6 Å². The van der Waals surface area contributed by atoms with Crippen LogP contribution in [-0.2, 0) is 4.79 Å². The van der Waals surface area contributed by atoms with Crippen molar-refractivity contribution in [3.05, 3.63) is 51.2 Å². The molecule has 1 spiro atoms. The fraction of sp³-hybridized carbons (Fsp3) is 0.350. The number of carbonyl (C=O) groups is 1. The molecule has 4 nitrogen and oxygen atoms in total. The van der Waals surface area contributed by atoms with E-state index in [9.17, 15) is 4.79 Å². The second kappa shape index (κ2) is 7.78. The molecule has 1 aromatic heterocycles. The van der Waals surface area contributed by atoms with Crippen molar-refractivity contribution in [3.63, 3.8) is 0 Å². The molecule has 2 heterocycles. The van der Waals surface area contributed by atoms with Crippen LogP contribution < -0.4 is 5.32 Å². The maximum atomic E-state index is 12.4. The quantitative estimate of drug-likeness (QED) is 0.708. The third kappa shape index (κ3) is 4.13. The number of benzene rings is 1. The summed E-state index contributed by atoms with van der Waals surface area (Å²) in [6, 6.07) is 9.70. The van der Waals surface area contributed by atoms with Gasteiger partial charge in [-0.2, -0.15) is 0 Å². The number of amides is 1. The van der Waals surface area contributed by atoms with Gasteiger partial charge in [-0.15, -0.1) is 11.3 Å². The molecule has 0 atom stereocenters. The number of halogens is 1. The third-order valence-electron chi connectivity index (χ3n) is 4.73. The summed E-state index contributed by atoms with van der Waals surface area (Å²) >= 11 is 9.33. The SMILES string of the molecule is Cc1ccc(NC(=O)CSC2=NC3(CCCC3)N=C2c2cccs2)c(Cl)c1. The van der Waals surface area contributed by atoms with Crippen molar-refractivity contribution in [3.8, 4) is 0 Å². The van der Waals surface area contributed by atoms with Gasteiger partial charge in [0.15, 0.2) is 5.66 Å². The molecule has 27 heavy (non-hydrogen) atoms. The predicted molar refractivity (Wildman–Crippen MR) is 117 cm³/mol. The van der Waals surface area contributed by atoms with Gasteiger partial charge in [-0.1, -0.05) is 35.5 Å². The van der Waals surface area contributed by atoms with E-state index in [-0.39, 0.29) is 17.3 Å². The van der Waals surface area contributed by atoms with Crippen LogP contribution in [0.15, 0.2) is 45.7 Å². The Labute approximate surface area is 172 Å². The summed E-state index contributed by atoms with van der Waals surface area (Å²) in [5.74, 6) is 0.190. The Kier molecular flexibility index (Phi) is 5.39. The summed E-state index contributed by atoms with van der Waals surface area (Å²) in [5, 5.41) is 6.37. The second-order valence-electron chi connectivity index (χ2n) is 6.86. The molecule has 1 aliphatic heterocycles. The van der Waals surface area contributed by atoms with Crippen molar-refractivity contribution in [2.75, 3.05) is 11.1 Å². The molecule has 4 rings (SSSR count). The Morgan fingerprint density at radius 1 is 1.30 bits per heavy atom. The van der Waals surface area contributed by atoms with Gasteiger partial charge in [-0.3, -0.25) is 9.79 Å². The first-order chi connectivity index (χ1) is 13.0. The lowest BCUT2D eigenvalue weighted by atomic mass is 10.1. The first kappa shape index (κ1) is 18.7. The lowest BCUT2D eigenvalue weighted by molar-refractivity contribution is -0.113. The lowest BCUT2D eigenvalue weighted by Crippen LogP contribution is -2.17. The molecule has 1 fully saturated rings. The van der Waals surface area contributed by atoms with E-state index in [1.807, 2.05) is 36.6 Å². The van der Waals surface area contributed by atoms with E-state index in [2.05, 4.69) is 11.4 Å². The highest BCUT2D eigenvalue weighted by Crippen LogP contribution is 2.40. The Hall–Kier alpha value is -1.63. The number of hydrogen-bond donors (Lipinski definition) is 1. The molecular formula is C20H20ClN3OS2. The Morgan fingerprint density at radius 2 is 2.11 bits per heavy atom. The zero-order chi connectivity index (χ0) is 18.9. The van der Waals surface area contributed by atoms with E-state index in [1.54, 1.807) is 11.3 Å². The minimum atomic E-state index is -0.293. The first-order valence-corrected chi connectivity index (χ1v) is 11.2. The predicted octanol–water partition coefficient (Wildman–Crippen LogP) is 5.55. The van der Waals surface area contributed by atoms with Crippen LogP contribution in [0, 0.1) is 6.92 Å². The van der Waals surface area contributed by atoms with Crippen LogP contribution in [0.5, 0.6) is 0 Å². The van der Waals surface area contributed by atoms with Crippen LogP contribution in [0.1, 0.15) is 36.1 Å². The first-order valence-electron chi connectivity index (χ1n) is 8.97. The van der Waals surface area contributed by atoms with Crippen molar-refractivity contribution in [1.82, 2.24) is 0 Å². The highest BCUT2D eigenvalue weighted by molar-refractivity contribution is 8.16. The van der Waals surface area contributed by atoms with Crippen LogP contribution in [0.4, 0.5) is 5.69 Å². The highest BCUT2D eigenvalue weighted by atomic mass is 35.5. The largest absolute Gasteiger partial charge is 0.324 e. The molecule has 1 aromatic carbocycles. The van der Waals surface area contributed by atoms with Crippen molar-refractivity contribution in [1.29, 1.82) is 0 Å². The molecule has 0 bridgehead atoms. The molecule has 2 aromatic rings. The molecule has 140 valence electrons. The van der Waals surface area contributed by atoms with Gasteiger partial charge in [0, 0.05) is 0 Å². The number of aliphatic imine (C=N–C) groups is 2. The van der Waals surface area contributed by atoms with Gasteiger partial charge in [0.1, 0.15) is 10.8 Å². The van der Waals surface area contributed by atoms with E-state index < -0.39 is 0 Å². The highest BCUT2D eigenvalue weighted by Gasteiger charge is 2.39. The molecule has 7 heteroatoms. The van der Waals surface area contributed by atoms with Gasteiger partial charge in [0.2, 0.25) is 5.91 Å². The van der Waals surface area contributed by atoms with E-state index in [0.717, 1.165) is 46.9 Å². The van der Waals surface area contributed by atoms with Gasteiger partial charge < -0.3 is 5.32 Å². The summed E-state index contributed by atoms with van der Waals surface area (Å²) < 4.78 is 0. The summed E-state index contributed by atoms with van der Waals surface area (Å²) in [6.45, 7) is 1.97. The minimum Gasteiger partial charge on any atom is -0.324 e. The van der Waals surface area contributed by atoms with Gasteiger partial charge in [0.25, 0.3) is 0 Å². The number of rotatable bonds is 4. The van der Waals surface area contributed by atoms with Gasteiger partial charge in [0.05, 0.1) is 21.3 Å². The fourth-order valence-electron chi connectivity index (χ4n) is 3.40. The van der Waals surface area contributed by atoms with Gasteiger partial charge in [-0.05, 0) is 61.7 Å². The zero-order valence-corrected chi connectivity index (χ0v) is 17.4. The Bertz CT molecular complexity index is 915. The molecule has 0 radical (unpaired) electrons. The molecular weight excluding hydrogens is 398 g/mol. The number of thiophene rings is 1. The van der Waals surface area contributed by atoms with Crippen LogP contribution >= 0.6 is 34.7 Å². The fourth-order valence-corrected chi connectivity index (χ4v) is 5.33. The number of carbonyl (C=O) groups excluding carboxylic acids is 1. The van der Waals surface area contributed by atoms with Crippen LogP contribution in [0.3, 0.4) is 0 Å². The maximum absolute atomic E-state index is 12.4. The van der Waals surface area contributed by atoms with E-state index in [0.29, 0.717) is 10.7 Å². The molecule has 1 saturated carbocycles. The minimum absolute atomic E-state index is 0.0913. The summed E-state index contributed by atoms with van der Waals surface area (Å²) in [5.41, 5.74) is 2.35. The number of hydrogen-bond acceptors (Lipinski definition) is 5. The molecule has 1 amide bonds. The van der Waals surface area contributed by atoms with Gasteiger partial charge >= 0.3 is 0 Å². The molecule has 0 saturated heterocycles. The average Bonchev–Trinajstić information content (AvgIpc) is 3.38. The van der Waals surface area contributed by atoms with Gasteiger partial charge in [-0.25, -0.2) is 4.99 Å². The molecule has 1 N–H and O–H groups in total. The average molecular weight is 418 g/mol. The molecule has 2 aliphatic rings. The van der Waals surface area contributed by atoms with Crippen molar-refractivity contribution in [2.24, 2.45) is 9.98 Å². The van der Waals surface area contributed by atoms with Crippen LogP contribution in [0.2, 0.25) is 5.02 Å².